The number of rotatable bonds is 4. The first-order valence-corrected chi connectivity index (χ1v) is 7.34. The first kappa shape index (κ1) is 13.2. The molecule has 2 unspecified atom stereocenters. The lowest BCUT2D eigenvalue weighted by Crippen LogP contribution is -2.20. The van der Waals surface area contributed by atoms with Gasteiger partial charge < -0.3 is 10.2 Å². The fourth-order valence-electron chi connectivity index (χ4n) is 2.92. The Morgan fingerprint density at radius 3 is 2.68 bits per heavy atom. The van der Waals surface area contributed by atoms with Crippen molar-refractivity contribution in [1.29, 1.82) is 0 Å². The molecule has 0 aromatic heterocycles. The summed E-state index contributed by atoms with van der Waals surface area (Å²) in [6.07, 6.45) is 0. The largest absolute Gasteiger partial charge is 0.396 e. The number of hydrogen-bond acceptors (Lipinski definition) is 3. The Morgan fingerprint density at radius 1 is 1.32 bits per heavy atom. The van der Waals surface area contributed by atoms with Gasteiger partial charge in [-0.25, -0.2) is 0 Å². The van der Waals surface area contributed by atoms with Gasteiger partial charge in [-0.2, -0.15) is 0 Å². The predicted octanol–water partition coefficient (Wildman–Crippen LogP) is 3.20. The molecule has 5 heteroatoms. The minimum atomic E-state index is 0.491. The molecule has 3 rings (SSSR count). The van der Waals surface area contributed by atoms with Crippen LogP contribution in [0.15, 0.2) is 23.4 Å². The third-order valence-corrected chi connectivity index (χ3v) is 4.65. The Morgan fingerprint density at radius 2 is 2.05 bits per heavy atom. The standard InChI is InChI=1S/C14H16Cl2N2O/c1-2-19-18-14(13-9-6-17-7-10(9)13)8-3-4-11(15)12(16)5-8/h3-5,9-10,13,17H,2,6-7H2,1H3/b18-14-. The summed E-state index contributed by atoms with van der Waals surface area (Å²) in [5.74, 6) is 1.87. The van der Waals surface area contributed by atoms with E-state index in [1.807, 2.05) is 25.1 Å². The number of nitrogens with one attached hydrogen (secondary N) is 1. The second-order valence-electron chi connectivity index (χ2n) is 5.03. The van der Waals surface area contributed by atoms with E-state index in [1.165, 1.54) is 0 Å². The Balaban J connectivity index is 1.89. The molecule has 3 nitrogen and oxygen atoms in total. The smallest absolute Gasteiger partial charge is 0.114 e. The number of nitrogens with zero attached hydrogens (tertiary/aromatic N) is 1. The summed E-state index contributed by atoms with van der Waals surface area (Å²) in [6.45, 7) is 4.65. The Labute approximate surface area is 122 Å². The van der Waals surface area contributed by atoms with Crippen molar-refractivity contribution in [3.05, 3.63) is 33.8 Å². The molecule has 2 fully saturated rings. The van der Waals surface area contributed by atoms with Crippen molar-refractivity contribution in [1.82, 2.24) is 5.32 Å². The highest BCUT2D eigenvalue weighted by Crippen LogP contribution is 2.50. The van der Waals surface area contributed by atoms with Gasteiger partial charge in [0.25, 0.3) is 0 Å². The summed E-state index contributed by atoms with van der Waals surface area (Å²) >= 11 is 12.1. The van der Waals surface area contributed by atoms with Crippen molar-refractivity contribution in [3.8, 4) is 0 Å². The van der Waals surface area contributed by atoms with E-state index < -0.39 is 0 Å². The van der Waals surface area contributed by atoms with Crippen molar-refractivity contribution in [2.45, 2.75) is 6.92 Å². The van der Waals surface area contributed by atoms with Gasteiger partial charge in [-0.3, -0.25) is 0 Å². The molecule has 1 saturated heterocycles. The summed E-state index contributed by atoms with van der Waals surface area (Å²) in [5, 5.41) is 8.84. The van der Waals surface area contributed by atoms with E-state index in [4.69, 9.17) is 28.0 Å². The predicted molar refractivity (Wildman–Crippen MR) is 78.0 cm³/mol. The van der Waals surface area contributed by atoms with Crippen molar-refractivity contribution in [2.24, 2.45) is 22.9 Å². The van der Waals surface area contributed by atoms with Gasteiger partial charge >= 0.3 is 0 Å². The van der Waals surface area contributed by atoms with Crippen molar-refractivity contribution < 1.29 is 4.84 Å². The average molecular weight is 299 g/mol. The molecule has 2 atom stereocenters. The van der Waals surface area contributed by atoms with Crippen LogP contribution < -0.4 is 5.32 Å². The molecule has 1 aromatic rings. The van der Waals surface area contributed by atoms with Gasteiger partial charge in [-0.15, -0.1) is 0 Å². The van der Waals surface area contributed by atoms with Gasteiger partial charge in [0.15, 0.2) is 0 Å². The van der Waals surface area contributed by atoms with Crippen molar-refractivity contribution >= 4 is 28.9 Å². The maximum atomic E-state index is 6.10. The summed E-state index contributed by atoms with van der Waals surface area (Å²) in [6, 6.07) is 5.66. The molecule has 2 aliphatic rings. The van der Waals surface area contributed by atoms with Crippen molar-refractivity contribution in [2.75, 3.05) is 19.7 Å². The van der Waals surface area contributed by atoms with Gasteiger partial charge in [0.2, 0.25) is 0 Å². The van der Waals surface area contributed by atoms with Crippen LogP contribution in [0.25, 0.3) is 0 Å². The monoisotopic (exact) mass is 298 g/mol. The lowest BCUT2D eigenvalue weighted by atomic mass is 10.0. The minimum absolute atomic E-state index is 0.491. The first-order valence-electron chi connectivity index (χ1n) is 6.58. The SMILES string of the molecule is CCO/N=C(/c1ccc(Cl)c(Cl)c1)C1C2CNCC21. The zero-order valence-corrected chi connectivity index (χ0v) is 12.2. The Kier molecular flexibility index (Phi) is 3.70. The molecular formula is C14H16Cl2N2O. The molecule has 1 heterocycles. The van der Waals surface area contributed by atoms with E-state index in [2.05, 4.69) is 10.5 Å². The number of benzene rings is 1. The topological polar surface area (TPSA) is 33.6 Å². The summed E-state index contributed by atoms with van der Waals surface area (Å²) in [4.78, 5) is 5.28. The highest BCUT2D eigenvalue weighted by molar-refractivity contribution is 6.42. The minimum Gasteiger partial charge on any atom is -0.396 e. The lowest BCUT2D eigenvalue weighted by Gasteiger charge is -2.10. The first-order chi connectivity index (χ1) is 9.22. The van der Waals surface area contributed by atoms with E-state index in [-0.39, 0.29) is 0 Å². The second kappa shape index (κ2) is 5.31. The summed E-state index contributed by atoms with van der Waals surface area (Å²) < 4.78 is 0. The third kappa shape index (κ3) is 2.47. The Bertz CT molecular complexity index is 508. The molecule has 1 saturated carbocycles. The molecule has 0 spiro atoms. The molecule has 19 heavy (non-hydrogen) atoms. The van der Waals surface area contributed by atoms with Gasteiger partial charge in [0, 0.05) is 11.5 Å². The Hall–Kier alpha value is -0.770. The quantitative estimate of drug-likeness (QED) is 0.684. The molecule has 1 aliphatic heterocycles. The number of fused-ring (bicyclic) bond motifs is 1. The second-order valence-corrected chi connectivity index (χ2v) is 5.85. The maximum Gasteiger partial charge on any atom is 0.114 e. The van der Waals surface area contributed by atoms with Crippen LogP contribution in [-0.4, -0.2) is 25.4 Å². The molecule has 1 aromatic carbocycles. The van der Waals surface area contributed by atoms with Crippen LogP contribution in [0, 0.1) is 17.8 Å². The normalized spacial score (nSPS) is 29.2. The molecule has 102 valence electrons. The summed E-state index contributed by atoms with van der Waals surface area (Å²) in [7, 11) is 0. The van der Waals surface area contributed by atoms with Crippen LogP contribution in [0.2, 0.25) is 10.0 Å². The average Bonchev–Trinajstić information content (AvgIpc) is 2.86. The van der Waals surface area contributed by atoms with Gasteiger partial charge in [0.1, 0.15) is 6.61 Å². The molecule has 1 aliphatic carbocycles. The van der Waals surface area contributed by atoms with E-state index >= 15 is 0 Å². The maximum absolute atomic E-state index is 6.10. The molecule has 0 radical (unpaired) electrons. The van der Waals surface area contributed by atoms with E-state index in [0.717, 1.165) is 24.4 Å². The van der Waals surface area contributed by atoms with Crippen LogP contribution in [-0.2, 0) is 4.84 Å². The van der Waals surface area contributed by atoms with Gasteiger partial charge in [-0.1, -0.05) is 34.4 Å². The van der Waals surface area contributed by atoms with E-state index in [9.17, 15) is 0 Å². The number of halogens is 2. The van der Waals surface area contributed by atoms with Crippen LogP contribution in [0.5, 0.6) is 0 Å². The fraction of sp³-hybridized carbons (Fsp3) is 0.500. The van der Waals surface area contributed by atoms with E-state index in [0.29, 0.717) is 34.4 Å². The molecule has 0 bridgehead atoms. The number of oxime groups is 1. The van der Waals surface area contributed by atoms with E-state index in [1.54, 1.807) is 0 Å². The molecule has 0 amide bonds. The lowest BCUT2D eigenvalue weighted by molar-refractivity contribution is 0.158. The molecule has 1 N–H and O–H groups in total. The third-order valence-electron chi connectivity index (χ3n) is 3.91. The zero-order chi connectivity index (χ0) is 13.4. The van der Waals surface area contributed by atoms with Gasteiger partial charge in [-0.05, 0) is 44.0 Å². The van der Waals surface area contributed by atoms with Crippen molar-refractivity contribution in [3.63, 3.8) is 0 Å². The van der Waals surface area contributed by atoms with Crippen LogP contribution >= 0.6 is 23.2 Å². The van der Waals surface area contributed by atoms with Crippen LogP contribution in [0.4, 0.5) is 0 Å². The molecular weight excluding hydrogens is 283 g/mol. The highest BCUT2D eigenvalue weighted by atomic mass is 35.5. The number of hydrogen-bond donors (Lipinski definition) is 1. The van der Waals surface area contributed by atoms with Crippen LogP contribution in [0.3, 0.4) is 0 Å². The highest BCUT2D eigenvalue weighted by Gasteiger charge is 2.55. The zero-order valence-electron chi connectivity index (χ0n) is 10.7. The van der Waals surface area contributed by atoms with Gasteiger partial charge in [0.05, 0.1) is 15.8 Å². The number of piperidine rings is 1. The fourth-order valence-corrected chi connectivity index (χ4v) is 3.22. The summed E-state index contributed by atoms with van der Waals surface area (Å²) in [5.41, 5.74) is 2.03. The van der Waals surface area contributed by atoms with Crippen LogP contribution in [0.1, 0.15) is 12.5 Å².